The van der Waals surface area contributed by atoms with Crippen LogP contribution in [0.25, 0.3) is 17.2 Å². The number of hydrogen-bond acceptors (Lipinski definition) is 6. The zero-order valence-electron chi connectivity index (χ0n) is 19.9. The van der Waals surface area contributed by atoms with Crippen molar-refractivity contribution in [3.05, 3.63) is 58.7 Å². The van der Waals surface area contributed by atoms with Crippen molar-refractivity contribution in [2.45, 2.75) is 71.2 Å². The second-order valence-corrected chi connectivity index (χ2v) is 8.52. The number of aliphatic hydroxyl groups is 3. The number of rotatable bonds is 10. The van der Waals surface area contributed by atoms with Gasteiger partial charge in [-0.15, -0.1) is 0 Å². The second-order valence-electron chi connectivity index (χ2n) is 8.52. The van der Waals surface area contributed by atoms with Gasteiger partial charge in [0, 0.05) is 35.6 Å². The van der Waals surface area contributed by atoms with E-state index in [9.17, 15) is 29.6 Å². The van der Waals surface area contributed by atoms with Gasteiger partial charge in [-0.25, -0.2) is 4.39 Å². The second kappa shape index (κ2) is 13.3. The monoisotopic (exact) mass is 467 g/mol. The molecule has 1 heterocycles. The number of carboxylic acid groups (broad SMARTS) is 1. The molecule has 0 aliphatic rings. The van der Waals surface area contributed by atoms with Gasteiger partial charge in [0.1, 0.15) is 5.82 Å². The Morgan fingerprint density at radius 1 is 1.09 bits per heavy atom. The molecule has 0 fully saturated rings. The van der Waals surface area contributed by atoms with Gasteiger partial charge in [0.2, 0.25) is 0 Å². The molecule has 0 saturated heterocycles. The van der Waals surface area contributed by atoms with Gasteiger partial charge < -0.3 is 25.2 Å². The molecule has 0 aliphatic carbocycles. The molecule has 8 heteroatoms. The molecule has 33 heavy (non-hydrogen) atoms. The third-order valence-corrected chi connectivity index (χ3v) is 5.18. The van der Waals surface area contributed by atoms with E-state index in [1.807, 2.05) is 27.7 Å². The van der Waals surface area contributed by atoms with Crippen molar-refractivity contribution in [3.63, 3.8) is 0 Å². The number of carbonyl (C=O) groups excluding carboxylic acids is 1. The quantitative estimate of drug-likeness (QED) is 0.421. The van der Waals surface area contributed by atoms with Crippen LogP contribution in [0, 0.1) is 5.82 Å². The number of aliphatic hydroxyl groups excluding tert-OH is 3. The Morgan fingerprint density at radius 2 is 1.67 bits per heavy atom. The maximum Gasteiger partial charge on any atom is 1.00 e. The summed E-state index contributed by atoms with van der Waals surface area (Å²) in [5.41, 5.74) is 4.21. The smallest absolute Gasteiger partial charge is 0.550 e. The van der Waals surface area contributed by atoms with Crippen molar-refractivity contribution in [2.24, 2.45) is 0 Å². The number of nitrogens with zero attached hydrogens (tertiary/aromatic N) is 1. The van der Waals surface area contributed by atoms with Crippen LogP contribution in [-0.2, 0) is 11.4 Å². The van der Waals surface area contributed by atoms with Crippen molar-refractivity contribution in [1.29, 1.82) is 0 Å². The summed E-state index contributed by atoms with van der Waals surface area (Å²) in [6.45, 7) is 7.67. The molecule has 1 aromatic heterocycles. The van der Waals surface area contributed by atoms with Crippen LogP contribution in [0.2, 0.25) is 0 Å². The molecule has 6 nitrogen and oxygen atoms in total. The Bertz CT molecular complexity index is 960. The van der Waals surface area contributed by atoms with Gasteiger partial charge in [-0.1, -0.05) is 52.0 Å². The van der Waals surface area contributed by atoms with Crippen LogP contribution in [0.5, 0.6) is 0 Å². The third-order valence-electron chi connectivity index (χ3n) is 5.18. The summed E-state index contributed by atoms with van der Waals surface area (Å²) >= 11 is 0. The minimum atomic E-state index is -1.39. The number of hydrogen-bond donors (Lipinski definition) is 3. The first-order valence-corrected chi connectivity index (χ1v) is 10.7. The summed E-state index contributed by atoms with van der Waals surface area (Å²) in [5.74, 6) is -1.72. The molecule has 0 unspecified atom stereocenters. The van der Waals surface area contributed by atoms with E-state index in [2.05, 4.69) is 0 Å². The first-order chi connectivity index (χ1) is 15.0. The summed E-state index contributed by atoms with van der Waals surface area (Å²) in [7, 11) is 0. The van der Waals surface area contributed by atoms with Crippen LogP contribution in [0.4, 0.5) is 4.39 Å². The Hall–Kier alpha value is -1.61. The van der Waals surface area contributed by atoms with Gasteiger partial charge in [0.15, 0.2) is 0 Å². The molecule has 0 saturated carbocycles. The molecular weight excluding hydrogens is 436 g/mol. The van der Waals surface area contributed by atoms with Crippen LogP contribution in [0.15, 0.2) is 30.3 Å². The number of carboxylic acids is 1. The number of aromatic nitrogens is 1. The molecule has 2 atom stereocenters. The van der Waals surface area contributed by atoms with Gasteiger partial charge in [-0.05, 0) is 35.1 Å². The van der Waals surface area contributed by atoms with Crippen molar-refractivity contribution in [3.8, 4) is 11.1 Å². The molecule has 2 aromatic rings. The summed E-state index contributed by atoms with van der Waals surface area (Å²) in [4.78, 5) is 15.5. The van der Waals surface area contributed by atoms with E-state index in [0.717, 1.165) is 11.4 Å². The Labute approximate surface area is 216 Å². The molecule has 0 amide bonds. The summed E-state index contributed by atoms with van der Waals surface area (Å²) in [6.07, 6.45) is 0.0497. The van der Waals surface area contributed by atoms with Gasteiger partial charge >= 0.3 is 29.6 Å². The number of benzene rings is 1. The van der Waals surface area contributed by atoms with Crippen LogP contribution in [-0.4, -0.2) is 38.5 Å². The van der Waals surface area contributed by atoms with E-state index in [1.54, 1.807) is 18.2 Å². The average molecular weight is 468 g/mol. The van der Waals surface area contributed by atoms with E-state index < -0.39 is 24.6 Å². The van der Waals surface area contributed by atoms with Crippen molar-refractivity contribution >= 4 is 12.0 Å². The van der Waals surface area contributed by atoms with Crippen molar-refractivity contribution < 1.29 is 59.2 Å². The topological polar surface area (TPSA) is 114 Å². The molecule has 0 radical (unpaired) electrons. The standard InChI is InChI=1S/C25H32FNO5.Na/c1-14(2)24-20(10-9-18(29)11-19(30)12-22(31)32)23(16-5-7-17(26)8-6-16)21(13-28)25(27-24)15(3)4;/h5-10,14-15,18-19,28-30H,11-13H2,1-4H3,(H,31,32);/q;+1/p-1/b10-9+;/t18-,19-;/m1./s1. The number of aliphatic carboxylic acids is 1. The first-order valence-electron chi connectivity index (χ1n) is 10.7. The van der Waals surface area contributed by atoms with Crippen molar-refractivity contribution in [1.82, 2.24) is 4.98 Å². The summed E-state index contributed by atoms with van der Waals surface area (Å²) < 4.78 is 13.6. The third kappa shape index (κ3) is 7.98. The minimum Gasteiger partial charge on any atom is -0.550 e. The van der Waals surface area contributed by atoms with Gasteiger partial charge in [0.05, 0.1) is 24.5 Å². The van der Waals surface area contributed by atoms with E-state index >= 15 is 0 Å². The van der Waals surface area contributed by atoms with Gasteiger partial charge in [-0.3, -0.25) is 4.98 Å². The Balaban J connectivity index is 0.00000544. The molecule has 2 rings (SSSR count). The minimum absolute atomic E-state index is 0. The molecule has 0 bridgehead atoms. The van der Waals surface area contributed by atoms with E-state index in [-0.39, 0.29) is 60.2 Å². The van der Waals surface area contributed by atoms with Crippen molar-refractivity contribution in [2.75, 3.05) is 0 Å². The predicted octanol–water partition coefficient (Wildman–Crippen LogP) is -0.104. The number of halogens is 1. The summed E-state index contributed by atoms with van der Waals surface area (Å²) in [6, 6.07) is 5.96. The van der Waals surface area contributed by atoms with Crippen LogP contribution >= 0.6 is 0 Å². The van der Waals surface area contributed by atoms with Gasteiger partial charge in [0.25, 0.3) is 0 Å². The maximum absolute atomic E-state index is 13.6. The molecular formula is C25H31FNNaO5. The summed E-state index contributed by atoms with van der Waals surface area (Å²) in [5, 5.41) is 40.9. The normalized spacial score (nSPS) is 13.4. The van der Waals surface area contributed by atoms with E-state index in [1.165, 1.54) is 18.2 Å². The molecule has 0 aliphatic heterocycles. The van der Waals surface area contributed by atoms with Crippen LogP contribution in [0.3, 0.4) is 0 Å². The van der Waals surface area contributed by atoms with Gasteiger partial charge in [-0.2, -0.15) is 0 Å². The fourth-order valence-electron chi connectivity index (χ4n) is 3.71. The Morgan fingerprint density at radius 3 is 2.15 bits per heavy atom. The Kier molecular flexibility index (Phi) is 11.9. The maximum atomic E-state index is 13.6. The van der Waals surface area contributed by atoms with E-state index in [4.69, 9.17) is 4.98 Å². The molecule has 0 spiro atoms. The zero-order chi connectivity index (χ0) is 24.0. The predicted molar refractivity (Wildman–Crippen MR) is 119 cm³/mol. The number of carbonyl (C=O) groups is 1. The fraction of sp³-hybridized carbons (Fsp3) is 0.440. The molecule has 174 valence electrons. The van der Waals surface area contributed by atoms with Crippen LogP contribution in [0.1, 0.15) is 74.9 Å². The number of pyridine rings is 1. The zero-order valence-corrected chi connectivity index (χ0v) is 21.9. The van der Waals surface area contributed by atoms with E-state index in [0.29, 0.717) is 22.3 Å². The fourth-order valence-corrected chi connectivity index (χ4v) is 3.71. The first kappa shape index (κ1) is 29.4. The SMILES string of the molecule is CC(C)c1nc(C(C)C)c(CO)c(-c2ccc(F)cc2)c1/C=C/[C@@H](O)C[C@@H](O)CC(=O)[O-].[Na+]. The molecule has 3 N–H and O–H groups in total. The van der Waals surface area contributed by atoms with Crippen LogP contribution < -0.4 is 34.7 Å². The molecule has 1 aromatic carbocycles. The average Bonchev–Trinajstić information content (AvgIpc) is 2.70. The largest absolute Gasteiger partial charge is 1.00 e.